The summed E-state index contributed by atoms with van der Waals surface area (Å²) in [4.78, 5) is 18.4. The van der Waals surface area contributed by atoms with Crippen LogP contribution in [-0.2, 0) is 0 Å². The third-order valence-electron chi connectivity index (χ3n) is 3.96. The van der Waals surface area contributed by atoms with E-state index >= 15 is 0 Å². The molecule has 0 aliphatic heterocycles. The topological polar surface area (TPSA) is 34.9 Å². The largest absolute Gasteiger partial charge is 0.268 e. The number of benzene rings is 2. The lowest BCUT2D eigenvalue weighted by atomic mass is 10.1. The van der Waals surface area contributed by atoms with E-state index in [1.807, 2.05) is 36.4 Å². The molecule has 1 heterocycles. The van der Waals surface area contributed by atoms with Gasteiger partial charge < -0.3 is 0 Å². The van der Waals surface area contributed by atoms with E-state index in [2.05, 4.69) is 25.8 Å². The van der Waals surface area contributed by atoms with Crippen molar-refractivity contribution in [2.45, 2.75) is 32.1 Å². The average molecular weight is 324 g/mol. The summed E-state index contributed by atoms with van der Waals surface area (Å²) < 4.78 is 1.66. The summed E-state index contributed by atoms with van der Waals surface area (Å²) in [6.07, 6.45) is 2.72. The molecule has 118 valence electrons. The van der Waals surface area contributed by atoms with Gasteiger partial charge in [-0.25, -0.2) is 4.98 Å². The summed E-state index contributed by atoms with van der Waals surface area (Å²) in [5.74, 6) is 0.989. The minimum absolute atomic E-state index is 0.0186. The maximum atomic E-state index is 13.0. The summed E-state index contributed by atoms with van der Waals surface area (Å²) in [5.41, 5.74) is 4.83. The van der Waals surface area contributed by atoms with Crippen LogP contribution < -0.4 is 0 Å². The predicted octanol–water partition coefficient (Wildman–Crippen LogP) is 4.84. The molecule has 0 saturated carbocycles. The Morgan fingerprint density at radius 1 is 1.17 bits per heavy atom. The summed E-state index contributed by atoms with van der Waals surface area (Å²) in [6.45, 7) is 6.26. The van der Waals surface area contributed by atoms with Gasteiger partial charge in [-0.05, 0) is 61.4 Å². The highest BCUT2D eigenvalue weighted by Crippen LogP contribution is 2.26. The molecule has 3 rings (SSSR count). The molecule has 0 fully saturated rings. The van der Waals surface area contributed by atoms with Crippen LogP contribution in [0.2, 0.25) is 0 Å². The standard InChI is InChI=1S/C19H20N2OS/c1-4-9-23-18-8-6-5-7-15(18)19(22)21-12-20-16-10-13(2)14(3)11-17(16)21/h5-8,10-12H,4,9H2,1-3H3. The monoisotopic (exact) mass is 324 g/mol. The first-order chi connectivity index (χ1) is 11.1. The molecule has 0 atom stereocenters. The fraction of sp³-hybridized carbons (Fsp3) is 0.263. The summed E-state index contributed by atoms with van der Waals surface area (Å²) in [6, 6.07) is 11.9. The zero-order valence-electron chi connectivity index (χ0n) is 13.7. The molecule has 0 aliphatic rings. The Bertz CT molecular complexity index is 867. The smallest absolute Gasteiger partial charge is 0.264 e. The van der Waals surface area contributed by atoms with Crippen molar-refractivity contribution in [1.82, 2.24) is 9.55 Å². The van der Waals surface area contributed by atoms with Gasteiger partial charge in [0.25, 0.3) is 5.91 Å². The third kappa shape index (κ3) is 3.04. The van der Waals surface area contributed by atoms with Gasteiger partial charge in [0.05, 0.1) is 16.6 Å². The van der Waals surface area contributed by atoms with Crippen molar-refractivity contribution >= 4 is 28.7 Å². The molecule has 1 aromatic heterocycles. The van der Waals surface area contributed by atoms with Crippen molar-refractivity contribution in [3.63, 3.8) is 0 Å². The number of carbonyl (C=O) groups excluding carboxylic acids is 1. The van der Waals surface area contributed by atoms with E-state index < -0.39 is 0 Å². The summed E-state index contributed by atoms with van der Waals surface area (Å²) >= 11 is 1.73. The molecule has 3 nitrogen and oxygen atoms in total. The fourth-order valence-electron chi connectivity index (χ4n) is 2.54. The molecular formula is C19H20N2OS. The van der Waals surface area contributed by atoms with E-state index in [1.165, 1.54) is 11.1 Å². The van der Waals surface area contributed by atoms with Crippen molar-refractivity contribution in [1.29, 1.82) is 0 Å². The van der Waals surface area contributed by atoms with Crippen LogP contribution >= 0.6 is 11.8 Å². The summed E-state index contributed by atoms with van der Waals surface area (Å²) in [5, 5.41) is 0. The lowest BCUT2D eigenvalue weighted by Gasteiger charge is -2.09. The first kappa shape index (κ1) is 15.8. The maximum absolute atomic E-state index is 13.0. The molecule has 0 spiro atoms. The van der Waals surface area contributed by atoms with Gasteiger partial charge in [-0.3, -0.25) is 9.36 Å². The van der Waals surface area contributed by atoms with Gasteiger partial charge in [0, 0.05) is 4.90 Å². The van der Waals surface area contributed by atoms with Gasteiger partial charge in [-0.15, -0.1) is 11.8 Å². The van der Waals surface area contributed by atoms with Crippen molar-refractivity contribution in [2.24, 2.45) is 0 Å². The number of thioether (sulfide) groups is 1. The highest BCUT2D eigenvalue weighted by molar-refractivity contribution is 7.99. The quantitative estimate of drug-likeness (QED) is 0.644. The van der Waals surface area contributed by atoms with Crippen LogP contribution in [0.5, 0.6) is 0 Å². The first-order valence-corrected chi connectivity index (χ1v) is 8.81. The zero-order valence-corrected chi connectivity index (χ0v) is 14.5. The molecule has 3 aromatic rings. The van der Waals surface area contributed by atoms with Crippen molar-refractivity contribution in [3.8, 4) is 0 Å². The normalized spacial score (nSPS) is 11.1. The van der Waals surface area contributed by atoms with Crippen LogP contribution in [-0.4, -0.2) is 21.2 Å². The lowest BCUT2D eigenvalue weighted by Crippen LogP contribution is -2.12. The number of imidazole rings is 1. The Hall–Kier alpha value is -2.07. The Labute approximate surface area is 140 Å². The average Bonchev–Trinajstić information content (AvgIpc) is 2.95. The van der Waals surface area contributed by atoms with Crippen LogP contribution in [0, 0.1) is 13.8 Å². The van der Waals surface area contributed by atoms with Gasteiger partial charge in [0.2, 0.25) is 0 Å². The van der Waals surface area contributed by atoms with Gasteiger partial charge in [-0.2, -0.15) is 0 Å². The van der Waals surface area contributed by atoms with E-state index in [0.29, 0.717) is 0 Å². The fourth-order valence-corrected chi connectivity index (χ4v) is 3.45. The number of hydrogen-bond acceptors (Lipinski definition) is 3. The van der Waals surface area contributed by atoms with Crippen LogP contribution in [0.3, 0.4) is 0 Å². The predicted molar refractivity (Wildman–Crippen MR) is 96.4 cm³/mol. The number of carbonyl (C=O) groups is 1. The highest BCUT2D eigenvalue weighted by atomic mass is 32.2. The van der Waals surface area contributed by atoms with Gasteiger partial charge in [0.15, 0.2) is 0 Å². The van der Waals surface area contributed by atoms with E-state index in [0.717, 1.165) is 33.7 Å². The molecule has 0 N–H and O–H groups in total. The molecule has 0 unspecified atom stereocenters. The second kappa shape index (κ2) is 6.59. The van der Waals surface area contributed by atoms with E-state index in [9.17, 15) is 4.79 Å². The third-order valence-corrected chi connectivity index (χ3v) is 5.24. The maximum Gasteiger partial charge on any atom is 0.264 e. The van der Waals surface area contributed by atoms with Crippen molar-refractivity contribution in [2.75, 3.05) is 5.75 Å². The number of aromatic nitrogens is 2. The van der Waals surface area contributed by atoms with Crippen molar-refractivity contribution in [3.05, 3.63) is 59.4 Å². The van der Waals surface area contributed by atoms with Crippen LogP contribution in [0.1, 0.15) is 34.8 Å². The second-order valence-corrected chi connectivity index (χ2v) is 6.83. The minimum atomic E-state index is -0.0186. The van der Waals surface area contributed by atoms with Gasteiger partial charge in [0.1, 0.15) is 6.33 Å². The first-order valence-electron chi connectivity index (χ1n) is 7.82. The molecular weight excluding hydrogens is 304 g/mol. The number of hydrogen-bond donors (Lipinski definition) is 0. The lowest BCUT2D eigenvalue weighted by molar-refractivity contribution is 0.0961. The molecule has 0 radical (unpaired) electrons. The Morgan fingerprint density at radius 3 is 2.70 bits per heavy atom. The zero-order chi connectivity index (χ0) is 16.4. The van der Waals surface area contributed by atoms with Gasteiger partial charge >= 0.3 is 0 Å². The van der Waals surface area contributed by atoms with Crippen LogP contribution in [0.4, 0.5) is 0 Å². The Kier molecular flexibility index (Phi) is 4.53. The van der Waals surface area contributed by atoms with Crippen LogP contribution in [0.15, 0.2) is 47.6 Å². The molecule has 0 amide bonds. The molecule has 0 bridgehead atoms. The Balaban J connectivity index is 2.06. The van der Waals surface area contributed by atoms with Crippen LogP contribution in [0.25, 0.3) is 11.0 Å². The summed E-state index contributed by atoms with van der Waals surface area (Å²) in [7, 11) is 0. The number of nitrogens with zero attached hydrogens (tertiary/aromatic N) is 2. The van der Waals surface area contributed by atoms with E-state index in [4.69, 9.17) is 0 Å². The number of rotatable bonds is 4. The highest BCUT2D eigenvalue weighted by Gasteiger charge is 2.16. The molecule has 23 heavy (non-hydrogen) atoms. The Morgan fingerprint density at radius 2 is 1.91 bits per heavy atom. The molecule has 0 saturated heterocycles. The van der Waals surface area contributed by atoms with Gasteiger partial charge in [-0.1, -0.05) is 19.1 Å². The number of fused-ring (bicyclic) bond motifs is 1. The van der Waals surface area contributed by atoms with E-state index in [1.54, 1.807) is 22.7 Å². The molecule has 4 heteroatoms. The van der Waals surface area contributed by atoms with E-state index in [-0.39, 0.29) is 5.91 Å². The number of aryl methyl sites for hydroxylation is 2. The minimum Gasteiger partial charge on any atom is -0.268 e. The second-order valence-electron chi connectivity index (χ2n) is 5.69. The van der Waals surface area contributed by atoms with Crippen molar-refractivity contribution < 1.29 is 4.79 Å². The molecule has 0 aliphatic carbocycles. The molecule has 2 aromatic carbocycles. The SMILES string of the molecule is CCCSc1ccccc1C(=O)n1cnc2cc(C)c(C)cc21.